The van der Waals surface area contributed by atoms with E-state index in [1.807, 2.05) is 0 Å². The number of nitrogens with two attached hydrogens (primary N) is 1. The number of benzene rings is 2. The fraction of sp³-hybridized carbons (Fsp3) is 0.125. The quantitative estimate of drug-likeness (QED) is 0.888. The van der Waals surface area contributed by atoms with Gasteiger partial charge in [-0.3, -0.25) is 9.59 Å². The lowest BCUT2D eigenvalue weighted by Gasteiger charge is -2.12. The van der Waals surface area contributed by atoms with Gasteiger partial charge in [0.05, 0.1) is 5.56 Å². The normalized spacial score (nSPS) is 10.1. The molecule has 2 aromatic carbocycles. The second-order valence-corrected chi connectivity index (χ2v) is 4.66. The van der Waals surface area contributed by atoms with Gasteiger partial charge in [-0.2, -0.15) is 0 Å². The van der Waals surface area contributed by atoms with E-state index in [1.165, 1.54) is 18.2 Å². The Morgan fingerprint density at radius 1 is 1.23 bits per heavy atom. The van der Waals surface area contributed by atoms with Crippen molar-refractivity contribution in [2.45, 2.75) is 6.92 Å². The summed E-state index contributed by atoms with van der Waals surface area (Å²) >= 11 is 0. The Balaban J connectivity index is 2.20. The number of carbonyl (C=O) groups excluding carboxylic acids is 2. The maximum atomic E-state index is 13.1. The molecule has 22 heavy (non-hydrogen) atoms. The van der Waals surface area contributed by atoms with Gasteiger partial charge in [-0.25, -0.2) is 4.39 Å². The Kier molecular flexibility index (Phi) is 4.73. The second kappa shape index (κ2) is 6.71. The first-order valence-electron chi connectivity index (χ1n) is 6.55. The van der Waals surface area contributed by atoms with Crippen LogP contribution in [0.5, 0.6) is 5.75 Å². The Bertz CT molecular complexity index is 716. The van der Waals surface area contributed by atoms with Gasteiger partial charge in [0.1, 0.15) is 11.6 Å². The number of amides is 2. The Labute approximate surface area is 126 Å². The third-order valence-corrected chi connectivity index (χ3v) is 2.94. The van der Waals surface area contributed by atoms with Crippen molar-refractivity contribution < 1.29 is 18.7 Å². The molecule has 0 heterocycles. The number of hydrogen-bond donors (Lipinski definition) is 2. The number of para-hydroxylation sites is 1. The highest BCUT2D eigenvalue weighted by molar-refractivity contribution is 6.06. The van der Waals surface area contributed by atoms with Crippen LogP contribution in [0.25, 0.3) is 0 Å². The monoisotopic (exact) mass is 302 g/mol. The molecule has 2 aromatic rings. The molecule has 0 aliphatic rings. The molecule has 6 heteroatoms. The summed E-state index contributed by atoms with van der Waals surface area (Å²) in [5.74, 6) is -1.18. The molecule has 0 aliphatic heterocycles. The van der Waals surface area contributed by atoms with Crippen LogP contribution in [0, 0.1) is 12.7 Å². The first-order valence-corrected chi connectivity index (χ1v) is 6.55. The van der Waals surface area contributed by atoms with Crippen LogP contribution < -0.4 is 15.8 Å². The van der Waals surface area contributed by atoms with Crippen LogP contribution in [-0.4, -0.2) is 18.4 Å². The van der Waals surface area contributed by atoms with Crippen molar-refractivity contribution in [1.29, 1.82) is 0 Å². The minimum Gasteiger partial charge on any atom is -0.483 e. The molecular weight excluding hydrogens is 287 g/mol. The van der Waals surface area contributed by atoms with E-state index >= 15 is 0 Å². The number of halogens is 1. The molecule has 0 spiro atoms. The molecule has 0 unspecified atom stereocenters. The summed E-state index contributed by atoms with van der Waals surface area (Å²) in [5.41, 5.74) is 6.38. The number of rotatable bonds is 5. The fourth-order valence-corrected chi connectivity index (χ4v) is 1.89. The maximum absolute atomic E-state index is 13.1. The number of anilines is 1. The van der Waals surface area contributed by atoms with Gasteiger partial charge in [0, 0.05) is 5.69 Å². The highest BCUT2D eigenvalue weighted by Crippen LogP contribution is 2.21. The van der Waals surface area contributed by atoms with Crippen molar-refractivity contribution in [3.8, 4) is 5.75 Å². The lowest BCUT2D eigenvalue weighted by Crippen LogP contribution is -2.21. The summed E-state index contributed by atoms with van der Waals surface area (Å²) in [7, 11) is 0. The van der Waals surface area contributed by atoms with Crippen molar-refractivity contribution in [2.75, 3.05) is 11.9 Å². The molecule has 2 amide bonds. The van der Waals surface area contributed by atoms with Gasteiger partial charge in [-0.15, -0.1) is 0 Å². The minimum absolute atomic E-state index is 0.249. The lowest BCUT2D eigenvalue weighted by atomic mass is 10.1. The largest absolute Gasteiger partial charge is 0.483 e. The predicted octanol–water partition coefficient (Wildman–Crippen LogP) is 2.25. The topological polar surface area (TPSA) is 81.4 Å². The van der Waals surface area contributed by atoms with Crippen molar-refractivity contribution in [1.82, 2.24) is 0 Å². The highest BCUT2D eigenvalue weighted by Gasteiger charge is 2.14. The summed E-state index contributed by atoms with van der Waals surface area (Å²) in [5, 5.41) is 2.68. The predicted molar refractivity (Wildman–Crippen MR) is 80.2 cm³/mol. The second-order valence-electron chi connectivity index (χ2n) is 4.66. The standard InChI is InChI=1S/C16H15FN2O3/c1-10-8-11(17)6-7-13(10)19-16(21)12-4-2-3-5-14(12)22-9-15(18)20/h2-8H,9H2,1H3,(H2,18,20)(H,19,21). The molecule has 0 bridgehead atoms. The van der Waals surface area contributed by atoms with E-state index in [2.05, 4.69) is 5.32 Å². The summed E-state index contributed by atoms with van der Waals surface area (Å²) < 4.78 is 18.3. The number of ether oxygens (including phenoxy) is 1. The van der Waals surface area contributed by atoms with Crippen molar-refractivity contribution in [2.24, 2.45) is 5.73 Å². The molecule has 0 fully saturated rings. The fourth-order valence-electron chi connectivity index (χ4n) is 1.89. The molecule has 3 N–H and O–H groups in total. The molecule has 2 rings (SSSR count). The van der Waals surface area contributed by atoms with Crippen molar-refractivity contribution >= 4 is 17.5 Å². The minimum atomic E-state index is -0.635. The smallest absolute Gasteiger partial charge is 0.259 e. The van der Waals surface area contributed by atoms with Crippen LogP contribution in [0.1, 0.15) is 15.9 Å². The summed E-state index contributed by atoms with van der Waals surface area (Å²) in [6, 6.07) is 10.5. The van der Waals surface area contributed by atoms with Gasteiger partial charge < -0.3 is 15.8 Å². The third-order valence-electron chi connectivity index (χ3n) is 2.94. The van der Waals surface area contributed by atoms with Crippen LogP contribution in [0.2, 0.25) is 0 Å². The van der Waals surface area contributed by atoms with E-state index in [-0.39, 0.29) is 23.7 Å². The molecule has 0 saturated heterocycles. The Morgan fingerprint density at radius 3 is 2.64 bits per heavy atom. The van der Waals surface area contributed by atoms with Gasteiger partial charge in [-0.1, -0.05) is 12.1 Å². The van der Waals surface area contributed by atoms with Gasteiger partial charge in [0.15, 0.2) is 6.61 Å². The van der Waals surface area contributed by atoms with E-state index in [4.69, 9.17) is 10.5 Å². The lowest BCUT2D eigenvalue weighted by molar-refractivity contribution is -0.119. The number of carbonyl (C=O) groups is 2. The molecule has 5 nitrogen and oxygen atoms in total. The summed E-state index contributed by atoms with van der Waals surface area (Å²) in [6.07, 6.45) is 0. The van der Waals surface area contributed by atoms with Crippen LogP contribution in [0.15, 0.2) is 42.5 Å². The Morgan fingerprint density at radius 2 is 1.95 bits per heavy atom. The van der Waals surface area contributed by atoms with Crippen LogP contribution >= 0.6 is 0 Å². The van der Waals surface area contributed by atoms with Crippen LogP contribution in [0.3, 0.4) is 0 Å². The zero-order chi connectivity index (χ0) is 16.1. The van der Waals surface area contributed by atoms with Gasteiger partial charge in [0.2, 0.25) is 0 Å². The van der Waals surface area contributed by atoms with Gasteiger partial charge >= 0.3 is 0 Å². The number of nitrogens with one attached hydrogen (secondary N) is 1. The first-order chi connectivity index (χ1) is 10.5. The van der Waals surface area contributed by atoms with E-state index in [1.54, 1.807) is 31.2 Å². The highest BCUT2D eigenvalue weighted by atomic mass is 19.1. The van der Waals surface area contributed by atoms with Crippen molar-refractivity contribution in [3.05, 3.63) is 59.4 Å². The molecule has 0 atom stereocenters. The molecular formula is C16H15FN2O3. The molecule has 0 saturated carbocycles. The summed E-state index contributed by atoms with van der Waals surface area (Å²) in [6.45, 7) is 1.37. The van der Waals surface area contributed by atoms with E-state index < -0.39 is 11.8 Å². The molecule has 0 radical (unpaired) electrons. The number of primary amides is 1. The average Bonchev–Trinajstić information content (AvgIpc) is 2.48. The van der Waals surface area contributed by atoms with Crippen molar-refractivity contribution in [3.63, 3.8) is 0 Å². The maximum Gasteiger partial charge on any atom is 0.259 e. The Hall–Kier alpha value is -2.89. The SMILES string of the molecule is Cc1cc(F)ccc1NC(=O)c1ccccc1OCC(N)=O. The van der Waals surface area contributed by atoms with Crippen LogP contribution in [-0.2, 0) is 4.79 Å². The third kappa shape index (κ3) is 3.82. The number of aryl methyl sites for hydroxylation is 1. The van der Waals surface area contributed by atoms with Gasteiger partial charge in [0.25, 0.3) is 11.8 Å². The van der Waals surface area contributed by atoms with Crippen LogP contribution in [0.4, 0.5) is 10.1 Å². The van der Waals surface area contributed by atoms with E-state index in [9.17, 15) is 14.0 Å². The first kappa shape index (κ1) is 15.5. The molecule has 0 aliphatic carbocycles. The van der Waals surface area contributed by atoms with Gasteiger partial charge in [-0.05, 0) is 42.8 Å². The van der Waals surface area contributed by atoms with E-state index in [0.717, 1.165) is 0 Å². The zero-order valence-corrected chi connectivity index (χ0v) is 11.9. The zero-order valence-electron chi connectivity index (χ0n) is 11.9. The van der Waals surface area contributed by atoms with E-state index in [0.29, 0.717) is 11.3 Å². The summed E-state index contributed by atoms with van der Waals surface area (Å²) in [4.78, 5) is 23.1. The molecule has 114 valence electrons. The average molecular weight is 302 g/mol. The molecule has 0 aromatic heterocycles. The number of hydrogen-bond acceptors (Lipinski definition) is 3.